The van der Waals surface area contributed by atoms with E-state index >= 15 is 0 Å². The second kappa shape index (κ2) is 4.03. The Morgan fingerprint density at radius 1 is 1.42 bits per heavy atom. The van der Waals surface area contributed by atoms with E-state index in [1.165, 1.54) is 19.0 Å². The van der Waals surface area contributed by atoms with Gasteiger partial charge in [-0.25, -0.2) is 9.97 Å². The molecule has 6 nitrogen and oxygen atoms in total. The first-order valence-electron chi connectivity index (χ1n) is 6.53. The number of carbonyl (C=O) groups excluding carboxylic acids is 1. The fourth-order valence-corrected chi connectivity index (χ4v) is 3.14. The van der Waals surface area contributed by atoms with Crippen LogP contribution in [0.1, 0.15) is 23.3 Å². The van der Waals surface area contributed by atoms with Crippen LogP contribution < -0.4 is 10.6 Å². The molecule has 0 spiro atoms. The number of nitrogens with zero attached hydrogens (tertiary/aromatic N) is 2. The number of hydrogen-bond acceptors (Lipinski definition) is 5. The summed E-state index contributed by atoms with van der Waals surface area (Å²) in [7, 11) is 0. The first kappa shape index (κ1) is 10.9. The van der Waals surface area contributed by atoms with Gasteiger partial charge in [-0.15, -0.1) is 0 Å². The SMILES string of the molecule is O=C(N[C@@H]1C[C@@H]2CN[C@@H]1C2)c1cc2ncoc2cn1. The fourth-order valence-electron chi connectivity index (χ4n) is 3.14. The number of pyridine rings is 1. The molecule has 2 fully saturated rings. The van der Waals surface area contributed by atoms with Crippen LogP contribution in [0.5, 0.6) is 0 Å². The van der Waals surface area contributed by atoms with Crippen molar-refractivity contribution in [3.05, 3.63) is 24.4 Å². The maximum absolute atomic E-state index is 12.2. The van der Waals surface area contributed by atoms with Crippen molar-refractivity contribution in [1.82, 2.24) is 20.6 Å². The largest absolute Gasteiger partial charge is 0.442 e. The molecule has 1 aliphatic heterocycles. The van der Waals surface area contributed by atoms with Crippen molar-refractivity contribution in [2.45, 2.75) is 24.9 Å². The van der Waals surface area contributed by atoms with E-state index in [0.717, 1.165) is 13.0 Å². The van der Waals surface area contributed by atoms with Crippen LogP contribution in [0, 0.1) is 5.92 Å². The number of nitrogens with one attached hydrogen (secondary N) is 2. The lowest BCUT2D eigenvalue weighted by Crippen LogP contribution is -2.48. The topological polar surface area (TPSA) is 80.0 Å². The molecule has 2 aromatic rings. The molecule has 1 amide bonds. The molecule has 2 aliphatic rings. The summed E-state index contributed by atoms with van der Waals surface area (Å²) in [6.45, 7) is 1.08. The summed E-state index contributed by atoms with van der Waals surface area (Å²) < 4.78 is 5.11. The lowest BCUT2D eigenvalue weighted by atomic mass is 10.1. The summed E-state index contributed by atoms with van der Waals surface area (Å²) in [4.78, 5) is 20.3. The van der Waals surface area contributed by atoms with E-state index in [1.807, 2.05) is 0 Å². The van der Waals surface area contributed by atoms with Gasteiger partial charge in [0.25, 0.3) is 5.91 Å². The zero-order valence-corrected chi connectivity index (χ0v) is 10.3. The highest BCUT2D eigenvalue weighted by molar-refractivity contribution is 5.95. The molecule has 2 bridgehead atoms. The number of oxazole rings is 1. The molecule has 1 aliphatic carbocycles. The molecule has 0 aromatic carbocycles. The molecule has 98 valence electrons. The van der Waals surface area contributed by atoms with Crippen LogP contribution in [0.4, 0.5) is 0 Å². The van der Waals surface area contributed by atoms with Crippen LogP contribution in [-0.2, 0) is 0 Å². The van der Waals surface area contributed by atoms with Crippen LogP contribution in [0.15, 0.2) is 23.1 Å². The second-order valence-electron chi connectivity index (χ2n) is 5.32. The minimum absolute atomic E-state index is 0.135. The molecule has 1 saturated heterocycles. The molecule has 3 atom stereocenters. The minimum atomic E-state index is -0.135. The fraction of sp³-hybridized carbons (Fsp3) is 0.462. The Kier molecular flexibility index (Phi) is 2.32. The normalized spacial score (nSPS) is 28.9. The molecule has 4 rings (SSSR count). The average Bonchev–Trinajstić information content (AvgIpc) is 3.13. The first-order chi connectivity index (χ1) is 9.29. The van der Waals surface area contributed by atoms with Crippen LogP contribution in [0.2, 0.25) is 0 Å². The summed E-state index contributed by atoms with van der Waals surface area (Å²) in [6.07, 6.45) is 5.13. The van der Waals surface area contributed by atoms with Crippen LogP contribution in [0.3, 0.4) is 0 Å². The molecule has 2 N–H and O–H groups in total. The van der Waals surface area contributed by atoms with Gasteiger partial charge in [0, 0.05) is 12.1 Å². The number of piperidine rings is 1. The number of carbonyl (C=O) groups is 1. The summed E-state index contributed by atoms with van der Waals surface area (Å²) in [5.41, 5.74) is 1.65. The van der Waals surface area contributed by atoms with Gasteiger partial charge < -0.3 is 15.1 Å². The second-order valence-corrected chi connectivity index (χ2v) is 5.32. The zero-order valence-electron chi connectivity index (χ0n) is 10.3. The van der Waals surface area contributed by atoms with Gasteiger partial charge in [-0.2, -0.15) is 0 Å². The smallest absolute Gasteiger partial charge is 0.270 e. The van der Waals surface area contributed by atoms with Crippen molar-refractivity contribution in [1.29, 1.82) is 0 Å². The Morgan fingerprint density at radius 3 is 3.16 bits per heavy atom. The van der Waals surface area contributed by atoms with Crippen LogP contribution >= 0.6 is 0 Å². The van der Waals surface area contributed by atoms with Crippen molar-refractivity contribution in [2.24, 2.45) is 5.92 Å². The molecular weight excluding hydrogens is 244 g/mol. The average molecular weight is 258 g/mol. The molecule has 1 saturated carbocycles. The van der Waals surface area contributed by atoms with Gasteiger partial charge >= 0.3 is 0 Å². The van der Waals surface area contributed by atoms with Crippen molar-refractivity contribution in [2.75, 3.05) is 6.54 Å². The molecule has 0 radical (unpaired) electrons. The number of fused-ring (bicyclic) bond motifs is 3. The predicted octanol–water partition coefficient (Wildman–Crippen LogP) is 0.703. The highest BCUT2D eigenvalue weighted by Gasteiger charge is 2.40. The predicted molar refractivity (Wildman–Crippen MR) is 67.6 cm³/mol. The molecule has 0 unspecified atom stereocenters. The van der Waals surface area contributed by atoms with Gasteiger partial charge in [-0.1, -0.05) is 0 Å². The summed E-state index contributed by atoms with van der Waals surface area (Å²) in [5, 5.41) is 6.49. The number of amides is 1. The molecule has 2 aromatic heterocycles. The number of aromatic nitrogens is 2. The Morgan fingerprint density at radius 2 is 2.37 bits per heavy atom. The van der Waals surface area contributed by atoms with Gasteiger partial charge in [-0.3, -0.25) is 4.79 Å². The summed E-state index contributed by atoms with van der Waals surface area (Å²) in [6, 6.07) is 2.31. The Balaban J connectivity index is 1.53. The van der Waals surface area contributed by atoms with E-state index in [1.54, 1.807) is 6.07 Å². The van der Waals surface area contributed by atoms with E-state index in [9.17, 15) is 4.79 Å². The zero-order chi connectivity index (χ0) is 12.8. The highest BCUT2D eigenvalue weighted by Crippen LogP contribution is 2.31. The Bertz CT molecular complexity index is 638. The third-order valence-corrected chi connectivity index (χ3v) is 4.10. The highest BCUT2D eigenvalue weighted by atomic mass is 16.3. The van der Waals surface area contributed by atoms with E-state index in [0.29, 0.717) is 28.8 Å². The molecule has 3 heterocycles. The van der Waals surface area contributed by atoms with Crippen molar-refractivity contribution >= 4 is 17.0 Å². The Labute approximate surface area is 109 Å². The monoisotopic (exact) mass is 258 g/mol. The molecular formula is C13H14N4O2. The third kappa shape index (κ3) is 1.79. The van der Waals surface area contributed by atoms with E-state index < -0.39 is 0 Å². The maximum Gasteiger partial charge on any atom is 0.270 e. The van der Waals surface area contributed by atoms with Crippen molar-refractivity contribution in [3.63, 3.8) is 0 Å². The third-order valence-electron chi connectivity index (χ3n) is 4.10. The molecule has 6 heteroatoms. The van der Waals surface area contributed by atoms with Gasteiger partial charge in [0.15, 0.2) is 12.0 Å². The number of hydrogen-bond donors (Lipinski definition) is 2. The van der Waals surface area contributed by atoms with E-state index in [4.69, 9.17) is 4.42 Å². The van der Waals surface area contributed by atoms with Crippen LogP contribution in [0.25, 0.3) is 11.1 Å². The summed E-state index contributed by atoms with van der Waals surface area (Å²) in [5.74, 6) is 0.575. The quantitative estimate of drug-likeness (QED) is 0.829. The van der Waals surface area contributed by atoms with Crippen molar-refractivity contribution in [3.8, 4) is 0 Å². The first-order valence-corrected chi connectivity index (χ1v) is 6.53. The van der Waals surface area contributed by atoms with Gasteiger partial charge in [0.1, 0.15) is 11.2 Å². The lowest BCUT2D eigenvalue weighted by molar-refractivity contribution is 0.0923. The van der Waals surface area contributed by atoms with Gasteiger partial charge in [0.05, 0.1) is 6.20 Å². The minimum Gasteiger partial charge on any atom is -0.442 e. The molecule has 19 heavy (non-hydrogen) atoms. The Hall–Kier alpha value is -1.95. The van der Waals surface area contributed by atoms with E-state index in [-0.39, 0.29) is 11.9 Å². The van der Waals surface area contributed by atoms with Crippen molar-refractivity contribution < 1.29 is 9.21 Å². The standard InChI is InChI=1S/C13H14N4O2/c18-13(17-9-2-7-1-8(9)14-4-7)11-3-10-12(5-15-11)19-6-16-10/h3,5-9,14H,1-2,4H2,(H,17,18)/t7-,8-,9-/m1/s1. The summed E-state index contributed by atoms with van der Waals surface area (Å²) >= 11 is 0. The van der Waals surface area contributed by atoms with E-state index in [2.05, 4.69) is 20.6 Å². The van der Waals surface area contributed by atoms with Gasteiger partial charge in [0.2, 0.25) is 0 Å². The number of rotatable bonds is 2. The van der Waals surface area contributed by atoms with Crippen LogP contribution in [-0.4, -0.2) is 34.5 Å². The lowest BCUT2D eigenvalue weighted by Gasteiger charge is -2.23. The van der Waals surface area contributed by atoms with Gasteiger partial charge in [-0.05, 0) is 31.4 Å². The maximum atomic E-state index is 12.2.